The molecule has 0 aromatic heterocycles. The number of hydrogen-bond donors (Lipinski definition) is 2. The Morgan fingerprint density at radius 2 is 2.08 bits per heavy atom. The molecule has 0 aliphatic heterocycles. The van der Waals surface area contributed by atoms with Gasteiger partial charge in [-0.15, -0.1) is 0 Å². The van der Waals surface area contributed by atoms with Crippen LogP contribution in [0.3, 0.4) is 0 Å². The highest BCUT2D eigenvalue weighted by atomic mass is 16.5. The fourth-order valence-corrected chi connectivity index (χ4v) is 1.03. The number of phenolic OH excluding ortho intramolecular Hbond substituents is 1. The first-order chi connectivity index (χ1) is 5.76. The van der Waals surface area contributed by atoms with E-state index in [-0.39, 0.29) is 12.4 Å². The van der Waals surface area contributed by atoms with Crippen LogP contribution in [0.2, 0.25) is 0 Å². The maximum atomic E-state index is 9.19. The van der Waals surface area contributed by atoms with Crippen molar-refractivity contribution < 1.29 is 14.9 Å². The molecular formula is C9H12O3. The quantitative estimate of drug-likeness (QED) is 0.706. The van der Waals surface area contributed by atoms with E-state index >= 15 is 0 Å². The minimum atomic E-state index is 0.0760. The van der Waals surface area contributed by atoms with Gasteiger partial charge in [0.2, 0.25) is 0 Å². The van der Waals surface area contributed by atoms with Crippen molar-refractivity contribution in [1.82, 2.24) is 0 Å². The van der Waals surface area contributed by atoms with Gasteiger partial charge in [0.05, 0.1) is 7.11 Å². The molecule has 0 saturated carbocycles. The van der Waals surface area contributed by atoms with Crippen LogP contribution in [0.4, 0.5) is 0 Å². The van der Waals surface area contributed by atoms with Gasteiger partial charge < -0.3 is 14.9 Å². The lowest BCUT2D eigenvalue weighted by atomic mass is 10.1. The number of aliphatic hydroxyl groups is 1. The summed E-state index contributed by atoms with van der Waals surface area (Å²) in [5, 5.41) is 17.8. The highest BCUT2D eigenvalue weighted by Gasteiger charge is 1.98. The average Bonchev–Trinajstić information content (AvgIpc) is 2.04. The summed E-state index contributed by atoms with van der Waals surface area (Å²) in [5.41, 5.74) is 0.870. The number of aromatic hydroxyl groups is 1. The van der Waals surface area contributed by atoms with Crippen molar-refractivity contribution in [1.29, 1.82) is 0 Å². The van der Waals surface area contributed by atoms with E-state index in [1.165, 1.54) is 13.2 Å². The SMILES string of the molecule is COc1cc(O)cc(CCO)c1. The Labute approximate surface area is 71.2 Å². The van der Waals surface area contributed by atoms with Crippen molar-refractivity contribution >= 4 is 0 Å². The molecule has 0 aliphatic carbocycles. The Morgan fingerprint density at radius 3 is 2.67 bits per heavy atom. The largest absolute Gasteiger partial charge is 0.508 e. The lowest BCUT2D eigenvalue weighted by Gasteiger charge is -2.03. The van der Waals surface area contributed by atoms with Crippen LogP contribution >= 0.6 is 0 Å². The summed E-state index contributed by atoms with van der Waals surface area (Å²) < 4.78 is 4.94. The summed E-state index contributed by atoms with van der Waals surface area (Å²) >= 11 is 0. The lowest BCUT2D eigenvalue weighted by Crippen LogP contribution is -1.91. The summed E-state index contributed by atoms with van der Waals surface area (Å²) in [4.78, 5) is 0. The average molecular weight is 168 g/mol. The molecule has 12 heavy (non-hydrogen) atoms. The van der Waals surface area contributed by atoms with Crippen molar-refractivity contribution in [3.05, 3.63) is 23.8 Å². The fraction of sp³-hybridized carbons (Fsp3) is 0.333. The number of phenols is 1. The monoisotopic (exact) mass is 168 g/mol. The topological polar surface area (TPSA) is 49.7 Å². The fourth-order valence-electron chi connectivity index (χ4n) is 1.03. The first kappa shape index (κ1) is 8.87. The molecular weight excluding hydrogens is 156 g/mol. The zero-order valence-electron chi connectivity index (χ0n) is 6.95. The Bertz CT molecular complexity index is 258. The molecule has 1 aromatic carbocycles. The molecule has 1 rings (SSSR count). The first-order valence-corrected chi connectivity index (χ1v) is 3.74. The third kappa shape index (κ3) is 2.13. The van der Waals surface area contributed by atoms with Gasteiger partial charge in [-0.05, 0) is 24.1 Å². The number of benzene rings is 1. The molecule has 3 heteroatoms. The summed E-state index contributed by atoms with van der Waals surface area (Å²) in [6, 6.07) is 4.93. The van der Waals surface area contributed by atoms with Gasteiger partial charge in [0, 0.05) is 12.7 Å². The summed E-state index contributed by atoms with van der Waals surface area (Å²) in [5.74, 6) is 0.774. The van der Waals surface area contributed by atoms with E-state index in [1.807, 2.05) is 0 Å². The van der Waals surface area contributed by atoms with Gasteiger partial charge in [-0.1, -0.05) is 0 Å². The van der Waals surface area contributed by atoms with Crippen molar-refractivity contribution in [2.24, 2.45) is 0 Å². The second kappa shape index (κ2) is 3.97. The molecule has 0 saturated heterocycles. The van der Waals surface area contributed by atoms with Gasteiger partial charge in [-0.2, -0.15) is 0 Å². The highest BCUT2D eigenvalue weighted by molar-refractivity contribution is 5.37. The van der Waals surface area contributed by atoms with Crippen molar-refractivity contribution in [3.63, 3.8) is 0 Å². The Kier molecular flexibility index (Phi) is 2.94. The number of aliphatic hydroxyl groups excluding tert-OH is 1. The number of hydrogen-bond acceptors (Lipinski definition) is 3. The van der Waals surface area contributed by atoms with E-state index < -0.39 is 0 Å². The minimum absolute atomic E-state index is 0.0760. The first-order valence-electron chi connectivity index (χ1n) is 3.74. The molecule has 0 fully saturated rings. The Hall–Kier alpha value is -1.22. The minimum Gasteiger partial charge on any atom is -0.508 e. The van der Waals surface area contributed by atoms with E-state index in [1.54, 1.807) is 12.1 Å². The van der Waals surface area contributed by atoms with E-state index in [0.29, 0.717) is 12.2 Å². The van der Waals surface area contributed by atoms with Gasteiger partial charge in [0.15, 0.2) is 0 Å². The molecule has 0 amide bonds. The van der Waals surface area contributed by atoms with Gasteiger partial charge in [-0.25, -0.2) is 0 Å². The molecule has 0 bridgehead atoms. The summed E-state index contributed by atoms with van der Waals surface area (Å²) in [6.07, 6.45) is 0.532. The van der Waals surface area contributed by atoms with E-state index in [4.69, 9.17) is 9.84 Å². The Balaban J connectivity index is 2.90. The van der Waals surface area contributed by atoms with Crippen LogP contribution in [0.5, 0.6) is 11.5 Å². The molecule has 0 unspecified atom stereocenters. The summed E-state index contributed by atoms with van der Waals surface area (Å²) in [7, 11) is 1.54. The van der Waals surface area contributed by atoms with Crippen LogP contribution < -0.4 is 4.74 Å². The van der Waals surface area contributed by atoms with Crippen LogP contribution in [0.15, 0.2) is 18.2 Å². The predicted octanol–water partition coefficient (Wildman–Crippen LogP) is 0.936. The molecule has 66 valence electrons. The molecule has 3 nitrogen and oxygen atoms in total. The Morgan fingerprint density at radius 1 is 1.33 bits per heavy atom. The molecule has 0 heterocycles. The van der Waals surface area contributed by atoms with Crippen LogP contribution in [-0.4, -0.2) is 23.9 Å². The van der Waals surface area contributed by atoms with Crippen LogP contribution in [0.25, 0.3) is 0 Å². The van der Waals surface area contributed by atoms with Crippen molar-refractivity contribution in [2.45, 2.75) is 6.42 Å². The third-order valence-corrected chi connectivity index (χ3v) is 1.59. The van der Waals surface area contributed by atoms with E-state index in [0.717, 1.165) is 5.56 Å². The molecule has 0 atom stereocenters. The number of ether oxygens (including phenoxy) is 1. The van der Waals surface area contributed by atoms with E-state index in [9.17, 15) is 5.11 Å². The third-order valence-electron chi connectivity index (χ3n) is 1.59. The zero-order chi connectivity index (χ0) is 8.97. The number of rotatable bonds is 3. The molecule has 2 N–H and O–H groups in total. The van der Waals surface area contributed by atoms with Crippen LogP contribution in [0, 0.1) is 0 Å². The molecule has 1 aromatic rings. The second-order valence-corrected chi connectivity index (χ2v) is 2.51. The second-order valence-electron chi connectivity index (χ2n) is 2.51. The van der Waals surface area contributed by atoms with Gasteiger partial charge in [0.1, 0.15) is 11.5 Å². The molecule has 0 radical (unpaired) electrons. The maximum absolute atomic E-state index is 9.19. The van der Waals surface area contributed by atoms with E-state index in [2.05, 4.69) is 0 Å². The van der Waals surface area contributed by atoms with Gasteiger partial charge >= 0.3 is 0 Å². The normalized spacial score (nSPS) is 9.83. The van der Waals surface area contributed by atoms with Crippen molar-refractivity contribution in [2.75, 3.05) is 13.7 Å². The standard InChI is InChI=1S/C9H12O3/c1-12-9-5-7(2-3-10)4-8(11)6-9/h4-6,10-11H,2-3H2,1H3. The maximum Gasteiger partial charge on any atom is 0.122 e. The lowest BCUT2D eigenvalue weighted by molar-refractivity contribution is 0.299. The van der Waals surface area contributed by atoms with Crippen LogP contribution in [0.1, 0.15) is 5.56 Å². The van der Waals surface area contributed by atoms with Gasteiger partial charge in [0.25, 0.3) is 0 Å². The van der Waals surface area contributed by atoms with Gasteiger partial charge in [-0.3, -0.25) is 0 Å². The summed E-state index contributed by atoms with van der Waals surface area (Å²) in [6.45, 7) is 0.0760. The molecule has 0 aliphatic rings. The molecule has 0 spiro atoms. The predicted molar refractivity (Wildman–Crippen MR) is 45.4 cm³/mol. The number of methoxy groups -OCH3 is 1. The highest BCUT2D eigenvalue weighted by Crippen LogP contribution is 2.21. The smallest absolute Gasteiger partial charge is 0.122 e. The zero-order valence-corrected chi connectivity index (χ0v) is 6.95. The van der Waals surface area contributed by atoms with Crippen molar-refractivity contribution in [3.8, 4) is 11.5 Å². The van der Waals surface area contributed by atoms with Crippen LogP contribution in [-0.2, 0) is 6.42 Å².